The molecule has 0 radical (unpaired) electrons. The first-order valence-corrected chi connectivity index (χ1v) is 26.9. The molecular weight excluding hydrogens is 1000 g/mol. The highest BCUT2D eigenvalue weighted by molar-refractivity contribution is 8.07. The fourth-order valence-corrected chi connectivity index (χ4v) is 11.4. The lowest BCUT2D eigenvalue weighted by molar-refractivity contribution is -0.118. The van der Waals surface area contributed by atoms with Gasteiger partial charge in [-0.1, -0.05) is 68.4 Å². The summed E-state index contributed by atoms with van der Waals surface area (Å²) in [6.07, 6.45) is 1.95. The molecule has 3 aromatic carbocycles. The normalized spacial score (nSPS) is 19.8. The number of imidazole rings is 2. The standard InChI is InChI=1S/C48H50N10O12P2S/c1-29(2)44(59)55-47-54-43-41(45(60)56-47)52-28-57(43)46-39(69-71(61)62)23-37(68-46)25-67-72(73,66-20-8-19-49)70-36-21-33(22-36)58-40(53-38-24-50-27-51-42(38)58)26-65-48(30-9-6-5-7-10-30,31-11-15-34(63-3)16-12-31)32-13-17-35(64-4)18-14-32/h5-7,9-18,24,27-29,33,36-37,39,46H,8,20-23,25-26H2,1-4H3,(H2-,54,55,56,59,60,61,62)/p+1/t33?,36?,37-,39+,46+,72?/m0/s1. The van der Waals surface area contributed by atoms with Crippen molar-refractivity contribution in [3.05, 3.63) is 131 Å². The Labute approximate surface area is 424 Å². The van der Waals surface area contributed by atoms with Crippen molar-refractivity contribution in [1.82, 2.24) is 39.0 Å². The Bertz CT molecular complexity index is 3190. The summed E-state index contributed by atoms with van der Waals surface area (Å²) in [6, 6.07) is 27.4. The molecule has 1 aliphatic heterocycles. The second-order valence-corrected chi connectivity index (χ2v) is 21.1. The van der Waals surface area contributed by atoms with E-state index in [2.05, 4.69) is 36.3 Å². The first kappa shape index (κ1) is 51.5. The van der Waals surface area contributed by atoms with Gasteiger partial charge in [0.05, 0.1) is 64.7 Å². The van der Waals surface area contributed by atoms with Gasteiger partial charge < -0.3 is 37.1 Å². The number of anilines is 1. The number of hydrogen-bond donors (Lipinski definition) is 3. The maximum Gasteiger partial charge on any atom is 0.695 e. The fourth-order valence-electron chi connectivity index (χ4n) is 8.83. The maximum atomic E-state index is 13.0. The Morgan fingerprint density at radius 1 is 0.986 bits per heavy atom. The number of carbonyl (C=O) groups excluding carboxylic acids is 1. The lowest BCUT2D eigenvalue weighted by atomic mass is 9.80. The lowest BCUT2D eigenvalue weighted by Gasteiger charge is -2.39. The number of nitriles is 1. The quantitative estimate of drug-likeness (QED) is 0.0341. The van der Waals surface area contributed by atoms with Crippen molar-refractivity contribution in [2.75, 3.05) is 32.8 Å². The third-order valence-electron chi connectivity index (χ3n) is 12.5. The van der Waals surface area contributed by atoms with Gasteiger partial charge in [0.2, 0.25) is 11.9 Å². The molecule has 3 N–H and O–H groups in total. The molecule has 9 rings (SSSR count). The molecule has 1 saturated heterocycles. The van der Waals surface area contributed by atoms with Gasteiger partial charge in [-0.3, -0.25) is 24.5 Å². The van der Waals surface area contributed by atoms with Crippen LogP contribution in [0.15, 0.2) is 103 Å². The molecule has 73 heavy (non-hydrogen) atoms. The minimum Gasteiger partial charge on any atom is -0.497 e. The summed E-state index contributed by atoms with van der Waals surface area (Å²) in [4.78, 5) is 60.2. The number of nitrogens with zero attached hydrogens (tertiary/aromatic N) is 8. The minimum atomic E-state index is -3.59. The van der Waals surface area contributed by atoms with Crippen LogP contribution in [0.25, 0.3) is 22.3 Å². The number of carbonyl (C=O) groups is 1. The molecule has 2 aliphatic rings. The minimum absolute atomic E-state index is 0.0148. The predicted molar refractivity (Wildman–Crippen MR) is 267 cm³/mol. The van der Waals surface area contributed by atoms with E-state index >= 15 is 0 Å². The summed E-state index contributed by atoms with van der Waals surface area (Å²) < 4.78 is 64.3. The zero-order valence-electron chi connectivity index (χ0n) is 40.0. The van der Waals surface area contributed by atoms with Crippen molar-refractivity contribution in [3.63, 3.8) is 0 Å². The number of aromatic nitrogens is 8. The predicted octanol–water partition coefficient (Wildman–Crippen LogP) is 7.29. The Morgan fingerprint density at radius 3 is 2.32 bits per heavy atom. The molecule has 5 heterocycles. The third kappa shape index (κ3) is 11.1. The summed E-state index contributed by atoms with van der Waals surface area (Å²) >= 11 is 5.96. The topological polar surface area (TPSA) is 271 Å². The van der Waals surface area contributed by atoms with Crippen molar-refractivity contribution in [3.8, 4) is 17.6 Å². The van der Waals surface area contributed by atoms with Gasteiger partial charge in [-0.15, -0.1) is 9.42 Å². The number of nitrogens with one attached hydrogen (secondary N) is 2. The SMILES string of the molecule is COc1ccc(C(OCc2nc3cncnc3n2C2CC(OP(=S)(OCCC#N)OC[C@@H]3C[C@@H](O[P+](=O)O)[C@H](n4cnc5c(=O)[nH]c(NC(=O)C(C)C)nc54)O3)C2)(c2ccccc2)c2ccc(OC)cc2)cc1. The second kappa shape index (κ2) is 22.4. The number of ether oxygens (including phenoxy) is 4. The number of methoxy groups -OCH3 is 2. The smallest absolute Gasteiger partial charge is 0.497 e. The summed E-state index contributed by atoms with van der Waals surface area (Å²) in [6.45, 7) is -0.456. The number of hydrogen-bond acceptors (Lipinski definition) is 18. The molecule has 25 heteroatoms. The van der Waals surface area contributed by atoms with Crippen LogP contribution in [0.2, 0.25) is 0 Å². The molecule has 4 aromatic heterocycles. The lowest BCUT2D eigenvalue weighted by Crippen LogP contribution is -2.36. The van der Waals surface area contributed by atoms with Gasteiger partial charge in [0.15, 0.2) is 29.1 Å². The summed E-state index contributed by atoms with van der Waals surface area (Å²) in [7, 11) is 0.133. The molecule has 5 atom stereocenters. The van der Waals surface area contributed by atoms with Gasteiger partial charge in [0, 0.05) is 22.9 Å². The summed E-state index contributed by atoms with van der Waals surface area (Å²) in [5.41, 5.74) is 1.96. The first-order valence-electron chi connectivity index (χ1n) is 23.2. The Balaban J connectivity index is 0.944. The van der Waals surface area contributed by atoms with E-state index in [0.717, 1.165) is 16.7 Å². The highest BCUT2D eigenvalue weighted by Gasteiger charge is 2.46. The van der Waals surface area contributed by atoms with Crippen molar-refractivity contribution in [2.24, 2.45) is 5.92 Å². The van der Waals surface area contributed by atoms with Crippen molar-refractivity contribution < 1.29 is 51.3 Å². The number of aromatic amines is 1. The van der Waals surface area contributed by atoms with E-state index in [1.165, 1.54) is 17.2 Å². The molecule has 2 unspecified atom stereocenters. The van der Waals surface area contributed by atoms with E-state index in [1.54, 1.807) is 34.3 Å². The average Bonchev–Trinajstić information content (AvgIpc) is 4.10. The van der Waals surface area contributed by atoms with Gasteiger partial charge in [-0.05, 0) is 65.6 Å². The van der Waals surface area contributed by atoms with Crippen LogP contribution in [0.3, 0.4) is 0 Å². The van der Waals surface area contributed by atoms with Gasteiger partial charge in [0.25, 0.3) is 5.56 Å². The van der Waals surface area contributed by atoms with Crippen LogP contribution in [-0.4, -0.2) is 95.6 Å². The molecule has 7 aromatic rings. The highest BCUT2D eigenvalue weighted by atomic mass is 32.5. The van der Waals surface area contributed by atoms with E-state index in [0.29, 0.717) is 41.3 Å². The average molecular weight is 1050 g/mol. The van der Waals surface area contributed by atoms with Gasteiger partial charge in [-0.25, -0.2) is 19.9 Å². The molecule has 1 aliphatic carbocycles. The number of H-pyrrole nitrogens is 1. The van der Waals surface area contributed by atoms with Crippen LogP contribution in [0.1, 0.15) is 74.3 Å². The second-order valence-electron chi connectivity index (χ2n) is 17.4. The number of benzene rings is 3. The van der Waals surface area contributed by atoms with E-state index in [-0.39, 0.29) is 61.7 Å². The zero-order valence-corrected chi connectivity index (χ0v) is 42.6. The first-order chi connectivity index (χ1) is 35.3. The van der Waals surface area contributed by atoms with Crippen LogP contribution in [0.5, 0.6) is 11.5 Å². The molecule has 1 saturated carbocycles. The van der Waals surface area contributed by atoms with Crippen LogP contribution in [0.4, 0.5) is 5.95 Å². The van der Waals surface area contributed by atoms with E-state index in [4.69, 9.17) is 53.8 Å². The largest absolute Gasteiger partial charge is 0.695 e. The third-order valence-corrected chi connectivity index (χ3v) is 15.3. The zero-order chi connectivity index (χ0) is 51.3. The van der Waals surface area contributed by atoms with Crippen LogP contribution < -0.4 is 20.3 Å². The number of rotatable bonds is 22. The monoisotopic (exact) mass is 1050 g/mol. The van der Waals surface area contributed by atoms with E-state index in [1.807, 2.05) is 83.4 Å². The number of amides is 1. The van der Waals surface area contributed by atoms with Crippen molar-refractivity contribution >= 4 is 61.0 Å². The van der Waals surface area contributed by atoms with Crippen molar-refractivity contribution in [1.29, 1.82) is 5.26 Å². The molecule has 380 valence electrons. The molecule has 0 bridgehead atoms. The van der Waals surface area contributed by atoms with Gasteiger partial charge in [0.1, 0.15) is 41.4 Å². The van der Waals surface area contributed by atoms with Crippen LogP contribution >= 0.6 is 15.0 Å². The van der Waals surface area contributed by atoms with E-state index in [9.17, 15) is 24.3 Å². The molecular formula is C48H51N10O12P2S+. The molecule has 2 fully saturated rings. The molecule has 1 amide bonds. The van der Waals surface area contributed by atoms with Crippen LogP contribution in [0, 0.1) is 17.2 Å². The molecule has 0 spiro atoms. The van der Waals surface area contributed by atoms with Crippen LogP contribution in [-0.2, 0) is 60.9 Å². The molecule has 22 nitrogen and oxygen atoms in total. The maximum absolute atomic E-state index is 13.0. The van der Waals surface area contributed by atoms with Gasteiger partial charge >= 0.3 is 15.0 Å². The summed E-state index contributed by atoms with van der Waals surface area (Å²) in [5.74, 6) is 1.07. The van der Waals surface area contributed by atoms with Gasteiger partial charge in [-0.2, -0.15) is 10.2 Å². The van der Waals surface area contributed by atoms with E-state index < -0.39 is 56.6 Å². The Morgan fingerprint density at radius 2 is 1.67 bits per heavy atom. The summed E-state index contributed by atoms with van der Waals surface area (Å²) in [5, 5.41) is 11.9. The van der Waals surface area contributed by atoms with Crippen molar-refractivity contribution in [2.45, 2.75) is 82.3 Å². The Hall–Kier alpha value is -6.41. The number of fused-ring (bicyclic) bond motifs is 2. The highest BCUT2D eigenvalue weighted by Crippen LogP contribution is 2.56. The fraction of sp³-hybridized carbons (Fsp3) is 0.375. The Kier molecular flexibility index (Phi) is 15.8.